The summed E-state index contributed by atoms with van der Waals surface area (Å²) in [6, 6.07) is 13.2. The molecule has 1 N–H and O–H groups in total. The van der Waals surface area contributed by atoms with Crippen LogP contribution in [-0.2, 0) is 22.6 Å². The van der Waals surface area contributed by atoms with Crippen LogP contribution in [0.2, 0.25) is 0 Å². The molecule has 0 saturated heterocycles. The van der Waals surface area contributed by atoms with E-state index in [-0.39, 0.29) is 31.1 Å². The Hall–Kier alpha value is -2.60. The summed E-state index contributed by atoms with van der Waals surface area (Å²) in [5.41, 5.74) is 1.06. The minimum absolute atomic E-state index is 0. The molecule has 1 aromatic carbocycles. The molecular weight excluding hydrogens is 380 g/mol. The summed E-state index contributed by atoms with van der Waals surface area (Å²) < 4.78 is 12.2. The summed E-state index contributed by atoms with van der Waals surface area (Å²) in [4.78, 5) is 23.9. The molecule has 0 aliphatic rings. The van der Waals surface area contributed by atoms with Crippen molar-refractivity contribution in [1.29, 1.82) is 0 Å². The molecule has 1 heterocycles. The standard InChI is InChI=1S/C21H26N2O4.ClH/c1-16(14-17-8-6-5-7-9-17)22-20(25)26-15-23-12-10-18(11-13-23)19(24)27-21(2,3)4;/h5-13,16H,14-15H2,1-4H3;1H/t16-;/m0./s1. The lowest BCUT2D eigenvalue weighted by molar-refractivity contribution is -0.727. The van der Waals surface area contributed by atoms with Crippen molar-refractivity contribution in [2.24, 2.45) is 0 Å². The number of halogens is 1. The van der Waals surface area contributed by atoms with Crippen molar-refractivity contribution in [3.05, 3.63) is 66.0 Å². The molecule has 1 atom stereocenters. The van der Waals surface area contributed by atoms with Crippen LogP contribution < -0.4 is 22.3 Å². The van der Waals surface area contributed by atoms with Crippen LogP contribution in [0.25, 0.3) is 0 Å². The maximum Gasteiger partial charge on any atom is 0.412 e. The molecular formula is C21H27ClN2O4. The molecule has 28 heavy (non-hydrogen) atoms. The van der Waals surface area contributed by atoms with Gasteiger partial charge in [-0.2, -0.15) is 4.57 Å². The molecule has 0 radical (unpaired) electrons. The molecule has 1 aromatic heterocycles. The Balaban J connectivity index is 0.00000392. The van der Waals surface area contributed by atoms with E-state index < -0.39 is 11.7 Å². The van der Waals surface area contributed by atoms with Crippen LogP contribution in [0, 0.1) is 0 Å². The number of esters is 1. The number of alkyl carbamates (subject to hydrolysis) is 1. The number of hydrogen-bond acceptors (Lipinski definition) is 4. The summed E-state index contributed by atoms with van der Waals surface area (Å²) in [5.74, 6) is -0.386. The van der Waals surface area contributed by atoms with Crippen LogP contribution in [-0.4, -0.2) is 23.7 Å². The van der Waals surface area contributed by atoms with Gasteiger partial charge >= 0.3 is 12.1 Å². The van der Waals surface area contributed by atoms with Crippen LogP contribution in [0.4, 0.5) is 4.79 Å². The first-order chi connectivity index (χ1) is 12.7. The number of carbonyl (C=O) groups is 2. The third-order valence-electron chi connectivity index (χ3n) is 3.62. The Kier molecular flexibility index (Phi) is 8.92. The van der Waals surface area contributed by atoms with Gasteiger partial charge in [0.2, 0.25) is 0 Å². The topological polar surface area (TPSA) is 68.5 Å². The smallest absolute Gasteiger partial charge is 0.412 e. The van der Waals surface area contributed by atoms with Crippen molar-refractivity contribution in [2.75, 3.05) is 0 Å². The monoisotopic (exact) mass is 406 g/mol. The fourth-order valence-corrected chi connectivity index (χ4v) is 2.41. The highest BCUT2D eigenvalue weighted by Crippen LogP contribution is 2.11. The average Bonchev–Trinajstić information content (AvgIpc) is 2.59. The zero-order valence-corrected chi connectivity index (χ0v) is 17.4. The van der Waals surface area contributed by atoms with Crippen molar-refractivity contribution in [2.45, 2.75) is 52.5 Å². The Morgan fingerprint density at radius 1 is 1.07 bits per heavy atom. The van der Waals surface area contributed by atoms with Crippen LogP contribution in [0.3, 0.4) is 0 Å². The SMILES string of the molecule is C[C@@H](Cc1ccccc1)NC(=O)OC[n+]1ccc(C(=O)OC(C)(C)C)cc1.[Cl-]. The third-order valence-corrected chi connectivity index (χ3v) is 3.62. The predicted molar refractivity (Wildman–Crippen MR) is 101 cm³/mol. The molecule has 0 saturated carbocycles. The molecule has 2 aromatic rings. The van der Waals surface area contributed by atoms with E-state index in [2.05, 4.69) is 5.32 Å². The minimum atomic E-state index is -0.541. The molecule has 0 aliphatic carbocycles. The first-order valence-electron chi connectivity index (χ1n) is 8.92. The maximum absolute atomic E-state index is 12.0. The zero-order valence-electron chi connectivity index (χ0n) is 16.6. The highest BCUT2D eigenvalue weighted by atomic mass is 35.5. The number of carbonyl (C=O) groups excluding carboxylic acids is 2. The van der Waals surface area contributed by atoms with Gasteiger partial charge in [0, 0.05) is 18.2 Å². The van der Waals surface area contributed by atoms with Gasteiger partial charge in [0.25, 0.3) is 6.73 Å². The van der Waals surface area contributed by atoms with Gasteiger partial charge in [-0.05, 0) is 39.7 Å². The first kappa shape index (κ1) is 23.4. The zero-order chi connectivity index (χ0) is 19.9. The van der Waals surface area contributed by atoms with E-state index >= 15 is 0 Å². The van der Waals surface area contributed by atoms with Gasteiger partial charge in [-0.3, -0.25) is 0 Å². The summed E-state index contributed by atoms with van der Waals surface area (Å²) >= 11 is 0. The van der Waals surface area contributed by atoms with Crippen molar-refractivity contribution in [3.63, 3.8) is 0 Å². The van der Waals surface area contributed by atoms with Gasteiger partial charge in [-0.25, -0.2) is 9.59 Å². The van der Waals surface area contributed by atoms with Crippen molar-refractivity contribution in [1.82, 2.24) is 5.32 Å². The highest BCUT2D eigenvalue weighted by Gasteiger charge is 2.19. The number of nitrogens with one attached hydrogen (secondary N) is 1. The van der Waals surface area contributed by atoms with Gasteiger partial charge < -0.3 is 27.2 Å². The summed E-state index contributed by atoms with van der Waals surface area (Å²) in [7, 11) is 0. The van der Waals surface area contributed by atoms with Crippen molar-refractivity contribution >= 4 is 12.1 Å². The van der Waals surface area contributed by atoms with Crippen LogP contribution in [0.1, 0.15) is 43.6 Å². The predicted octanol–water partition coefficient (Wildman–Crippen LogP) is 0.248. The van der Waals surface area contributed by atoms with E-state index in [4.69, 9.17) is 9.47 Å². The number of pyridine rings is 1. The molecule has 0 bridgehead atoms. The highest BCUT2D eigenvalue weighted by molar-refractivity contribution is 5.89. The lowest BCUT2D eigenvalue weighted by Gasteiger charge is -2.19. The fraction of sp³-hybridized carbons (Fsp3) is 0.381. The molecule has 2 rings (SSSR count). The van der Waals surface area contributed by atoms with Crippen LogP contribution in [0.15, 0.2) is 54.9 Å². The number of hydrogen-bond donors (Lipinski definition) is 1. The molecule has 0 fully saturated rings. The molecule has 0 unspecified atom stereocenters. The molecule has 7 heteroatoms. The number of rotatable bonds is 6. The third kappa shape index (κ3) is 8.39. The second-order valence-electron chi connectivity index (χ2n) is 7.40. The summed E-state index contributed by atoms with van der Waals surface area (Å²) in [6.45, 7) is 7.44. The van der Waals surface area contributed by atoms with E-state index in [0.29, 0.717) is 5.56 Å². The minimum Gasteiger partial charge on any atom is -1.00 e. The number of aromatic nitrogens is 1. The van der Waals surface area contributed by atoms with Crippen LogP contribution in [0.5, 0.6) is 0 Å². The van der Waals surface area contributed by atoms with Gasteiger partial charge in [-0.15, -0.1) is 0 Å². The van der Waals surface area contributed by atoms with Crippen molar-refractivity contribution < 1.29 is 36.0 Å². The van der Waals surface area contributed by atoms with E-state index in [1.807, 2.05) is 58.0 Å². The van der Waals surface area contributed by atoms with Gasteiger partial charge in [-0.1, -0.05) is 30.3 Å². The Morgan fingerprint density at radius 3 is 2.25 bits per heavy atom. The number of benzene rings is 1. The number of ether oxygens (including phenoxy) is 2. The second kappa shape index (κ2) is 10.7. The van der Waals surface area contributed by atoms with E-state index in [1.54, 1.807) is 29.1 Å². The molecule has 1 amide bonds. The maximum atomic E-state index is 12.0. The lowest BCUT2D eigenvalue weighted by atomic mass is 10.1. The van der Waals surface area contributed by atoms with E-state index in [0.717, 1.165) is 12.0 Å². The first-order valence-corrected chi connectivity index (χ1v) is 8.92. The lowest BCUT2D eigenvalue weighted by Crippen LogP contribution is -3.00. The summed E-state index contributed by atoms with van der Waals surface area (Å²) in [6.07, 6.45) is 3.58. The number of amides is 1. The van der Waals surface area contributed by atoms with Crippen LogP contribution >= 0.6 is 0 Å². The number of nitrogens with zero attached hydrogens (tertiary/aromatic N) is 1. The average molecular weight is 407 g/mol. The quantitative estimate of drug-likeness (QED) is 0.551. The Labute approximate surface area is 172 Å². The molecule has 6 nitrogen and oxygen atoms in total. The largest absolute Gasteiger partial charge is 1.00 e. The molecule has 152 valence electrons. The fourth-order valence-electron chi connectivity index (χ4n) is 2.41. The van der Waals surface area contributed by atoms with Gasteiger partial charge in [0.15, 0.2) is 12.4 Å². The Bertz CT molecular complexity index is 758. The van der Waals surface area contributed by atoms with Crippen molar-refractivity contribution in [3.8, 4) is 0 Å². The van der Waals surface area contributed by atoms with E-state index in [1.165, 1.54) is 0 Å². The van der Waals surface area contributed by atoms with Gasteiger partial charge in [0.1, 0.15) is 5.60 Å². The second-order valence-corrected chi connectivity index (χ2v) is 7.40. The summed E-state index contributed by atoms with van der Waals surface area (Å²) in [5, 5.41) is 2.81. The molecule has 0 aliphatic heterocycles. The Morgan fingerprint density at radius 2 is 1.68 bits per heavy atom. The molecule has 0 spiro atoms. The van der Waals surface area contributed by atoms with Gasteiger partial charge in [0.05, 0.1) is 5.56 Å². The van der Waals surface area contributed by atoms with E-state index in [9.17, 15) is 9.59 Å². The normalized spacial score (nSPS) is 11.7.